The average Bonchev–Trinajstić information content (AvgIpc) is 2.51. The van der Waals surface area contributed by atoms with Gasteiger partial charge in [-0.15, -0.1) is 11.6 Å². The maximum Gasteiger partial charge on any atom is 0.416 e. The first-order valence-corrected chi connectivity index (χ1v) is 7.45. The van der Waals surface area contributed by atoms with E-state index in [1.54, 1.807) is 6.92 Å². The summed E-state index contributed by atoms with van der Waals surface area (Å²) in [4.78, 5) is 22.8. The summed E-state index contributed by atoms with van der Waals surface area (Å²) < 4.78 is 43.7. The highest BCUT2D eigenvalue weighted by Crippen LogP contribution is 2.48. The third-order valence-electron chi connectivity index (χ3n) is 4.08. The molecule has 2 atom stereocenters. The van der Waals surface area contributed by atoms with Crippen LogP contribution in [-0.2, 0) is 20.6 Å². The van der Waals surface area contributed by atoms with Crippen LogP contribution in [0.4, 0.5) is 23.7 Å². The first-order chi connectivity index (χ1) is 11.1. The highest BCUT2D eigenvalue weighted by molar-refractivity contribution is 6.34. The van der Waals surface area contributed by atoms with Crippen molar-refractivity contribution in [1.82, 2.24) is 0 Å². The lowest BCUT2D eigenvalue weighted by Crippen LogP contribution is -2.50. The zero-order chi connectivity index (χ0) is 18.3. The van der Waals surface area contributed by atoms with Gasteiger partial charge in [-0.05, 0) is 24.6 Å². The van der Waals surface area contributed by atoms with Crippen LogP contribution in [-0.4, -0.2) is 30.3 Å². The molecule has 0 radical (unpaired) electrons. The molecule has 1 aliphatic heterocycles. The molecule has 24 heavy (non-hydrogen) atoms. The van der Waals surface area contributed by atoms with Crippen molar-refractivity contribution in [2.24, 2.45) is 0 Å². The summed E-state index contributed by atoms with van der Waals surface area (Å²) in [5, 5.41) is 9.43. The summed E-state index contributed by atoms with van der Waals surface area (Å²) >= 11 is 6.36. The molecule has 1 aromatic rings. The van der Waals surface area contributed by atoms with Crippen LogP contribution in [0, 0.1) is 0 Å². The molecule has 1 aliphatic rings. The van der Waals surface area contributed by atoms with Crippen molar-refractivity contribution in [2.45, 2.75) is 36.9 Å². The van der Waals surface area contributed by atoms with Crippen LogP contribution in [0.15, 0.2) is 18.2 Å². The van der Waals surface area contributed by atoms with Gasteiger partial charge in [-0.25, -0.2) is 9.59 Å². The molecule has 0 aromatic heterocycles. The largest absolute Gasteiger partial charge is 0.467 e. The number of carbonyl (C=O) groups excluding carboxylic acids is 1. The number of ether oxygens (including phenoxy) is 1. The van der Waals surface area contributed by atoms with Crippen LogP contribution >= 0.6 is 11.6 Å². The molecular weight excluding hydrogens is 351 g/mol. The number of carboxylic acid groups (broad SMARTS) is 1. The van der Waals surface area contributed by atoms with Crippen LogP contribution in [0.1, 0.15) is 30.9 Å². The molecule has 2 rings (SSSR count). The Morgan fingerprint density at radius 3 is 2.54 bits per heavy atom. The Balaban J connectivity index is 2.74. The number of hydrogen-bond acceptors (Lipinski definition) is 3. The van der Waals surface area contributed by atoms with Crippen molar-refractivity contribution in [2.75, 3.05) is 12.0 Å². The van der Waals surface area contributed by atoms with Gasteiger partial charge in [-0.1, -0.05) is 6.92 Å². The normalized spacial score (nSPS) is 23.6. The summed E-state index contributed by atoms with van der Waals surface area (Å²) in [6.07, 6.45) is -5.83. The first kappa shape index (κ1) is 18.4. The lowest BCUT2D eigenvalue weighted by atomic mass is 9.83. The highest BCUT2D eigenvalue weighted by Gasteiger charge is 2.50. The molecule has 9 heteroatoms. The second-order valence-electron chi connectivity index (χ2n) is 5.44. The summed E-state index contributed by atoms with van der Waals surface area (Å²) in [5.74, 6) is -0.923. The van der Waals surface area contributed by atoms with Crippen molar-refractivity contribution in [3.8, 4) is 0 Å². The van der Waals surface area contributed by atoms with Gasteiger partial charge < -0.3 is 9.84 Å². The lowest BCUT2D eigenvalue weighted by molar-refractivity contribution is -0.145. The SMILES string of the molecule is CC[C@@H]1CC(Cl)(C(=O)OC)c2cc(C(F)(F)F)ccc2N1C(=O)O. The number of nitrogens with zero attached hydrogens (tertiary/aromatic N) is 1. The van der Waals surface area contributed by atoms with Gasteiger partial charge >= 0.3 is 18.2 Å². The van der Waals surface area contributed by atoms with E-state index in [1.165, 1.54) is 0 Å². The van der Waals surface area contributed by atoms with E-state index in [0.29, 0.717) is 12.5 Å². The number of methoxy groups -OCH3 is 1. The Morgan fingerprint density at radius 1 is 1.46 bits per heavy atom. The van der Waals surface area contributed by atoms with Gasteiger partial charge in [0.25, 0.3) is 0 Å². The summed E-state index contributed by atoms with van der Waals surface area (Å²) in [5.41, 5.74) is -1.29. The first-order valence-electron chi connectivity index (χ1n) is 7.07. The molecule has 1 heterocycles. The number of amides is 1. The Morgan fingerprint density at radius 2 is 2.08 bits per heavy atom. The number of esters is 1. The summed E-state index contributed by atoms with van der Waals surface area (Å²) in [6.45, 7) is 1.70. The van der Waals surface area contributed by atoms with Crippen LogP contribution < -0.4 is 4.90 Å². The van der Waals surface area contributed by atoms with Gasteiger partial charge in [-0.2, -0.15) is 13.2 Å². The Labute approximate surface area is 141 Å². The van der Waals surface area contributed by atoms with Gasteiger partial charge in [0.05, 0.1) is 18.4 Å². The van der Waals surface area contributed by atoms with E-state index >= 15 is 0 Å². The Hall–Kier alpha value is -1.96. The van der Waals surface area contributed by atoms with Gasteiger partial charge in [0, 0.05) is 18.0 Å². The highest BCUT2D eigenvalue weighted by atomic mass is 35.5. The predicted molar refractivity (Wildman–Crippen MR) is 80.2 cm³/mol. The molecule has 1 aromatic carbocycles. The fourth-order valence-corrected chi connectivity index (χ4v) is 3.31. The van der Waals surface area contributed by atoms with Gasteiger partial charge in [0.2, 0.25) is 0 Å². The number of halogens is 4. The van der Waals surface area contributed by atoms with E-state index in [9.17, 15) is 27.9 Å². The third kappa shape index (κ3) is 2.90. The number of carbonyl (C=O) groups is 2. The second kappa shape index (κ2) is 6.16. The molecule has 0 spiro atoms. The Kier molecular flexibility index (Phi) is 4.72. The standard InChI is InChI=1S/C15H15ClF3NO4/c1-3-9-7-14(16,12(21)24-2)10-6-8(15(17,18)19)4-5-11(10)20(9)13(22)23/h4-6,9H,3,7H2,1-2H3,(H,22,23)/t9-,14?/m1/s1. The molecule has 1 unspecified atom stereocenters. The fourth-order valence-electron chi connectivity index (χ4n) is 2.90. The number of hydrogen-bond donors (Lipinski definition) is 1. The maximum atomic E-state index is 13.0. The van der Waals surface area contributed by atoms with E-state index in [1.807, 2.05) is 0 Å². The van der Waals surface area contributed by atoms with Crippen molar-refractivity contribution in [3.05, 3.63) is 29.3 Å². The van der Waals surface area contributed by atoms with Crippen molar-refractivity contribution in [3.63, 3.8) is 0 Å². The number of anilines is 1. The number of benzene rings is 1. The van der Waals surface area contributed by atoms with Crippen LogP contribution in [0.5, 0.6) is 0 Å². The van der Waals surface area contributed by atoms with Crippen molar-refractivity contribution in [1.29, 1.82) is 0 Å². The van der Waals surface area contributed by atoms with E-state index in [0.717, 1.165) is 24.1 Å². The molecule has 0 bridgehead atoms. The average molecular weight is 366 g/mol. The molecule has 1 amide bonds. The van der Waals surface area contributed by atoms with Crippen molar-refractivity contribution >= 4 is 29.4 Å². The molecule has 0 saturated carbocycles. The molecule has 5 nitrogen and oxygen atoms in total. The van der Waals surface area contributed by atoms with Crippen LogP contribution in [0.3, 0.4) is 0 Å². The van der Waals surface area contributed by atoms with E-state index in [-0.39, 0.29) is 17.7 Å². The second-order valence-corrected chi connectivity index (χ2v) is 6.09. The number of fused-ring (bicyclic) bond motifs is 1. The zero-order valence-corrected chi connectivity index (χ0v) is 13.6. The van der Waals surface area contributed by atoms with Crippen molar-refractivity contribution < 1.29 is 32.6 Å². The molecule has 132 valence electrons. The zero-order valence-electron chi connectivity index (χ0n) is 12.9. The molecule has 0 fully saturated rings. The molecule has 0 aliphatic carbocycles. The van der Waals surface area contributed by atoms with Gasteiger partial charge in [-0.3, -0.25) is 4.90 Å². The minimum absolute atomic E-state index is 0.0472. The monoisotopic (exact) mass is 365 g/mol. The molecule has 1 N–H and O–H groups in total. The Bertz CT molecular complexity index is 679. The van der Waals surface area contributed by atoms with E-state index in [4.69, 9.17) is 11.6 Å². The fraction of sp³-hybridized carbons (Fsp3) is 0.467. The summed E-state index contributed by atoms with van der Waals surface area (Å²) in [6, 6.07) is 1.83. The van der Waals surface area contributed by atoms with Gasteiger partial charge in [0.1, 0.15) is 0 Å². The van der Waals surface area contributed by atoms with Crippen LogP contribution in [0.25, 0.3) is 0 Å². The molecule has 0 saturated heterocycles. The summed E-state index contributed by atoms with van der Waals surface area (Å²) in [7, 11) is 1.07. The van der Waals surface area contributed by atoms with Crippen LogP contribution in [0.2, 0.25) is 0 Å². The van der Waals surface area contributed by atoms with E-state index < -0.39 is 34.7 Å². The maximum absolute atomic E-state index is 13.0. The smallest absolute Gasteiger partial charge is 0.416 e. The minimum atomic E-state index is -4.65. The van der Waals surface area contributed by atoms with Gasteiger partial charge in [0.15, 0.2) is 4.87 Å². The quantitative estimate of drug-likeness (QED) is 0.636. The predicted octanol–water partition coefficient (Wildman–Crippen LogP) is 3.98. The lowest BCUT2D eigenvalue weighted by Gasteiger charge is -2.42. The third-order valence-corrected chi connectivity index (χ3v) is 4.59. The number of rotatable bonds is 2. The number of alkyl halides is 4. The minimum Gasteiger partial charge on any atom is -0.467 e. The topological polar surface area (TPSA) is 66.8 Å². The molecular formula is C15H15ClF3NO4. The van der Waals surface area contributed by atoms with E-state index in [2.05, 4.69) is 4.74 Å².